The van der Waals surface area contributed by atoms with Crippen LogP contribution in [-0.2, 0) is 13.1 Å². The van der Waals surface area contributed by atoms with Crippen LogP contribution < -0.4 is 15.5 Å². The van der Waals surface area contributed by atoms with Crippen molar-refractivity contribution in [3.63, 3.8) is 0 Å². The highest BCUT2D eigenvalue weighted by Gasteiger charge is 2.08. The molecule has 0 aliphatic carbocycles. The van der Waals surface area contributed by atoms with Gasteiger partial charge in [0.05, 0.1) is 6.54 Å². The Morgan fingerprint density at radius 3 is 2.70 bits per heavy atom. The van der Waals surface area contributed by atoms with E-state index < -0.39 is 0 Å². The number of benzene rings is 1. The van der Waals surface area contributed by atoms with Crippen molar-refractivity contribution in [2.24, 2.45) is 4.99 Å². The molecule has 5 heteroatoms. The molecule has 0 atom stereocenters. The second-order valence-electron chi connectivity index (χ2n) is 5.40. The molecule has 1 aliphatic heterocycles. The Hall–Kier alpha value is -2.27. The molecule has 4 nitrogen and oxygen atoms in total. The largest absolute Gasteiger partial charge is 0.364 e. The van der Waals surface area contributed by atoms with E-state index in [1.807, 2.05) is 0 Å². The zero-order valence-corrected chi connectivity index (χ0v) is 14.1. The average molecular weight is 326 g/mol. The Morgan fingerprint density at radius 1 is 1.13 bits per heavy atom. The number of hydrogen-bond donors (Lipinski definition) is 2. The third-order valence-corrected chi connectivity index (χ3v) is 4.66. The maximum absolute atomic E-state index is 4.28. The van der Waals surface area contributed by atoms with E-state index in [9.17, 15) is 0 Å². The van der Waals surface area contributed by atoms with Crippen molar-refractivity contribution in [1.82, 2.24) is 10.6 Å². The molecule has 2 heterocycles. The summed E-state index contributed by atoms with van der Waals surface area (Å²) in [5.74, 6) is 0.826. The van der Waals surface area contributed by atoms with Gasteiger partial charge in [-0.05, 0) is 29.1 Å². The van der Waals surface area contributed by atoms with Crippen molar-refractivity contribution in [3.8, 4) is 0 Å². The molecule has 23 heavy (non-hydrogen) atoms. The minimum absolute atomic E-state index is 0.763. The van der Waals surface area contributed by atoms with Gasteiger partial charge >= 0.3 is 0 Å². The predicted molar refractivity (Wildman–Crippen MR) is 99.2 cm³/mol. The Morgan fingerprint density at radius 2 is 1.96 bits per heavy atom. The minimum Gasteiger partial charge on any atom is -0.364 e. The maximum atomic E-state index is 4.28. The van der Waals surface area contributed by atoms with Gasteiger partial charge in [-0.3, -0.25) is 4.99 Å². The molecule has 0 saturated heterocycles. The van der Waals surface area contributed by atoms with Gasteiger partial charge in [0.25, 0.3) is 0 Å². The number of nitrogens with zero attached hydrogens (tertiary/aromatic N) is 2. The predicted octanol–water partition coefficient (Wildman–Crippen LogP) is 2.99. The summed E-state index contributed by atoms with van der Waals surface area (Å²) in [4.78, 5) is 7.94. The number of rotatable bonds is 5. The van der Waals surface area contributed by atoms with Crippen molar-refractivity contribution >= 4 is 23.0 Å². The molecule has 3 rings (SSSR count). The third-order valence-electron chi connectivity index (χ3n) is 3.79. The molecular weight excluding hydrogens is 304 g/mol. The van der Waals surface area contributed by atoms with E-state index in [1.54, 1.807) is 18.4 Å². The lowest BCUT2D eigenvalue weighted by Crippen LogP contribution is -2.36. The molecule has 1 aromatic heterocycles. The van der Waals surface area contributed by atoms with Crippen LogP contribution in [0.2, 0.25) is 0 Å². The average Bonchev–Trinajstić information content (AvgIpc) is 3.29. The van der Waals surface area contributed by atoms with Gasteiger partial charge in [0, 0.05) is 37.2 Å². The highest BCUT2D eigenvalue weighted by molar-refractivity contribution is 7.09. The molecule has 1 aliphatic rings. The van der Waals surface area contributed by atoms with Gasteiger partial charge in [-0.1, -0.05) is 30.4 Å². The number of guanidine groups is 1. The third kappa shape index (κ3) is 4.36. The Bertz CT molecular complexity index is 668. The van der Waals surface area contributed by atoms with E-state index in [-0.39, 0.29) is 0 Å². The SMILES string of the molecule is CN=C(NCc1cccc(N2CC=CC2)c1)NCc1cccs1. The van der Waals surface area contributed by atoms with Crippen LogP contribution in [0, 0.1) is 0 Å². The van der Waals surface area contributed by atoms with Crippen LogP contribution in [0.5, 0.6) is 0 Å². The van der Waals surface area contributed by atoms with Crippen molar-refractivity contribution in [1.29, 1.82) is 0 Å². The lowest BCUT2D eigenvalue weighted by molar-refractivity contribution is 0.815. The van der Waals surface area contributed by atoms with E-state index >= 15 is 0 Å². The molecule has 2 N–H and O–H groups in total. The van der Waals surface area contributed by atoms with Crippen molar-refractivity contribution in [2.75, 3.05) is 25.0 Å². The number of thiophene rings is 1. The van der Waals surface area contributed by atoms with E-state index in [4.69, 9.17) is 0 Å². The fourth-order valence-corrected chi connectivity index (χ4v) is 3.19. The molecule has 0 unspecified atom stereocenters. The first kappa shape index (κ1) is 15.6. The molecule has 120 valence electrons. The second-order valence-corrected chi connectivity index (χ2v) is 6.44. The van der Waals surface area contributed by atoms with Gasteiger partial charge in [0.15, 0.2) is 5.96 Å². The molecule has 0 saturated carbocycles. The zero-order chi connectivity index (χ0) is 15.9. The van der Waals surface area contributed by atoms with E-state index in [0.29, 0.717) is 0 Å². The van der Waals surface area contributed by atoms with Gasteiger partial charge < -0.3 is 15.5 Å². The second kappa shape index (κ2) is 7.83. The lowest BCUT2D eigenvalue weighted by Gasteiger charge is -2.19. The summed E-state index contributed by atoms with van der Waals surface area (Å²) in [6.07, 6.45) is 4.42. The topological polar surface area (TPSA) is 39.7 Å². The smallest absolute Gasteiger partial charge is 0.191 e. The number of aliphatic imine (C=N–C) groups is 1. The number of hydrogen-bond acceptors (Lipinski definition) is 3. The van der Waals surface area contributed by atoms with Crippen LogP contribution in [0.15, 0.2) is 58.9 Å². The van der Waals surface area contributed by atoms with Gasteiger partial charge in [-0.25, -0.2) is 0 Å². The first-order valence-corrected chi connectivity index (χ1v) is 8.69. The minimum atomic E-state index is 0.763. The van der Waals surface area contributed by atoms with Gasteiger partial charge in [-0.2, -0.15) is 0 Å². The molecule has 0 bridgehead atoms. The quantitative estimate of drug-likeness (QED) is 0.504. The van der Waals surface area contributed by atoms with Gasteiger partial charge in [0.1, 0.15) is 0 Å². The molecule has 0 radical (unpaired) electrons. The maximum Gasteiger partial charge on any atom is 0.191 e. The highest BCUT2D eigenvalue weighted by Crippen LogP contribution is 2.18. The summed E-state index contributed by atoms with van der Waals surface area (Å²) in [5, 5.41) is 8.81. The lowest BCUT2D eigenvalue weighted by atomic mass is 10.2. The molecule has 1 aromatic carbocycles. The number of anilines is 1. The summed E-state index contributed by atoms with van der Waals surface area (Å²) < 4.78 is 0. The Balaban J connectivity index is 1.53. The first-order chi connectivity index (χ1) is 11.3. The van der Waals surface area contributed by atoms with Crippen molar-refractivity contribution in [2.45, 2.75) is 13.1 Å². The normalized spacial score (nSPS) is 14.3. The Labute approximate surface area is 141 Å². The van der Waals surface area contributed by atoms with Crippen molar-refractivity contribution in [3.05, 3.63) is 64.4 Å². The standard InChI is InChI=1S/C18H22N4S/c1-19-18(21-14-17-8-5-11-23-17)20-13-15-6-4-7-16(12-15)22-9-2-3-10-22/h2-8,11-12H,9-10,13-14H2,1H3,(H2,19,20,21). The van der Waals surface area contributed by atoms with Crippen LogP contribution in [0.1, 0.15) is 10.4 Å². The number of nitrogens with one attached hydrogen (secondary N) is 2. The first-order valence-electron chi connectivity index (χ1n) is 7.81. The van der Waals surface area contributed by atoms with Gasteiger partial charge in [-0.15, -0.1) is 11.3 Å². The molecule has 0 fully saturated rings. The summed E-state index contributed by atoms with van der Waals surface area (Å²) >= 11 is 1.75. The molecule has 0 spiro atoms. The van der Waals surface area contributed by atoms with Crippen LogP contribution in [0.3, 0.4) is 0 Å². The summed E-state index contributed by atoms with van der Waals surface area (Å²) in [6.45, 7) is 3.57. The fourth-order valence-electron chi connectivity index (χ4n) is 2.54. The van der Waals surface area contributed by atoms with E-state index in [0.717, 1.165) is 32.1 Å². The van der Waals surface area contributed by atoms with Crippen LogP contribution >= 0.6 is 11.3 Å². The molecular formula is C18H22N4S. The summed E-state index contributed by atoms with van der Waals surface area (Å²) in [6, 6.07) is 12.9. The fraction of sp³-hybridized carbons (Fsp3) is 0.278. The highest BCUT2D eigenvalue weighted by atomic mass is 32.1. The van der Waals surface area contributed by atoms with Crippen molar-refractivity contribution < 1.29 is 0 Å². The van der Waals surface area contributed by atoms with Crippen LogP contribution in [0.4, 0.5) is 5.69 Å². The zero-order valence-electron chi connectivity index (χ0n) is 13.3. The monoisotopic (exact) mass is 326 g/mol. The van der Waals surface area contributed by atoms with Crippen LogP contribution in [0.25, 0.3) is 0 Å². The van der Waals surface area contributed by atoms with E-state index in [2.05, 4.69) is 74.5 Å². The molecule has 2 aromatic rings. The van der Waals surface area contributed by atoms with E-state index in [1.165, 1.54) is 16.1 Å². The Kier molecular flexibility index (Phi) is 5.32. The summed E-state index contributed by atoms with van der Waals surface area (Å²) in [5.41, 5.74) is 2.53. The van der Waals surface area contributed by atoms with Crippen LogP contribution in [-0.4, -0.2) is 26.1 Å². The molecule has 0 amide bonds. The summed E-state index contributed by atoms with van der Waals surface area (Å²) in [7, 11) is 1.80. The van der Waals surface area contributed by atoms with Gasteiger partial charge in [0.2, 0.25) is 0 Å².